The van der Waals surface area contributed by atoms with Crippen molar-refractivity contribution in [2.45, 2.75) is 31.7 Å². The van der Waals surface area contributed by atoms with E-state index in [9.17, 15) is 4.79 Å². The highest BCUT2D eigenvalue weighted by Gasteiger charge is 2.32. The third-order valence-electron chi connectivity index (χ3n) is 7.02. The van der Waals surface area contributed by atoms with Crippen molar-refractivity contribution in [3.8, 4) is 22.6 Å². The summed E-state index contributed by atoms with van der Waals surface area (Å²) in [6, 6.07) is 13.9. The minimum atomic E-state index is 0.0498. The van der Waals surface area contributed by atoms with Gasteiger partial charge in [0.25, 0.3) is 5.91 Å². The zero-order valence-corrected chi connectivity index (χ0v) is 19.2. The summed E-state index contributed by atoms with van der Waals surface area (Å²) in [6.45, 7) is 4.28. The number of halogens is 1. The van der Waals surface area contributed by atoms with Crippen molar-refractivity contribution in [1.82, 2.24) is 14.8 Å². The lowest BCUT2D eigenvalue weighted by Crippen LogP contribution is -2.42. The number of amides is 1. The Balaban J connectivity index is 1.36. The van der Waals surface area contributed by atoms with Crippen LogP contribution in [-0.4, -0.2) is 59.7 Å². The fourth-order valence-corrected chi connectivity index (χ4v) is 5.54. The van der Waals surface area contributed by atoms with Crippen LogP contribution in [0.5, 0.6) is 11.5 Å². The molecule has 170 valence electrons. The molecule has 0 spiro atoms. The molecular formula is C26H26ClN3O3. The lowest BCUT2D eigenvalue weighted by atomic mass is 10.00. The van der Waals surface area contributed by atoms with Gasteiger partial charge in [0.1, 0.15) is 5.15 Å². The quantitative estimate of drug-likeness (QED) is 0.510. The molecule has 3 aliphatic rings. The van der Waals surface area contributed by atoms with Crippen LogP contribution >= 0.6 is 11.6 Å². The highest BCUT2D eigenvalue weighted by Crippen LogP contribution is 2.37. The van der Waals surface area contributed by atoms with Gasteiger partial charge in [0.05, 0.1) is 11.1 Å². The van der Waals surface area contributed by atoms with Crippen LogP contribution in [0.4, 0.5) is 0 Å². The average molecular weight is 464 g/mol. The fourth-order valence-electron chi connectivity index (χ4n) is 5.34. The van der Waals surface area contributed by atoms with E-state index in [0.717, 1.165) is 72.5 Å². The van der Waals surface area contributed by atoms with Gasteiger partial charge in [0.15, 0.2) is 11.5 Å². The summed E-state index contributed by atoms with van der Waals surface area (Å²) in [5.74, 6) is 1.54. The number of hydrogen-bond acceptors (Lipinski definition) is 5. The SMILES string of the molecule is O=C(c1cc(Cl)nc2ccc(-c3ccc4c(c3)OCO4)cc12)N1CCC[C@H]1CN1CCCC1. The standard InChI is InChI=1S/C26H26ClN3O3/c27-25-14-21(26(31)30-11-3-4-19(30)15-29-9-1-2-10-29)20-12-17(5-7-22(20)28-25)18-6-8-23-24(13-18)33-16-32-23/h5-8,12-14,19H,1-4,9-11,15-16H2/t19-/m0/s1. The van der Waals surface area contributed by atoms with E-state index in [4.69, 9.17) is 21.1 Å². The first-order chi connectivity index (χ1) is 16.2. The number of benzene rings is 2. The normalized spacial score (nSPS) is 20.2. The maximum atomic E-state index is 13.8. The Kier molecular flexibility index (Phi) is 5.35. The Morgan fingerprint density at radius 2 is 1.76 bits per heavy atom. The molecule has 2 saturated heterocycles. The Morgan fingerprint density at radius 3 is 2.64 bits per heavy atom. The topological polar surface area (TPSA) is 54.9 Å². The molecule has 0 N–H and O–H groups in total. The molecule has 6 rings (SSSR count). The second-order valence-corrected chi connectivity index (χ2v) is 9.48. The second-order valence-electron chi connectivity index (χ2n) is 9.09. The first-order valence-corrected chi connectivity index (χ1v) is 12.1. The molecule has 3 aromatic rings. The van der Waals surface area contributed by atoms with Gasteiger partial charge in [-0.15, -0.1) is 0 Å². The van der Waals surface area contributed by atoms with Crippen LogP contribution < -0.4 is 9.47 Å². The van der Waals surface area contributed by atoms with Crippen molar-refractivity contribution < 1.29 is 14.3 Å². The van der Waals surface area contributed by atoms with E-state index in [2.05, 4.69) is 14.8 Å². The Hall–Kier alpha value is -2.83. The van der Waals surface area contributed by atoms with E-state index >= 15 is 0 Å². The van der Waals surface area contributed by atoms with E-state index in [1.165, 1.54) is 12.8 Å². The number of carbonyl (C=O) groups is 1. The summed E-state index contributed by atoms with van der Waals surface area (Å²) in [4.78, 5) is 22.8. The monoisotopic (exact) mass is 463 g/mol. The number of carbonyl (C=O) groups excluding carboxylic acids is 1. The third-order valence-corrected chi connectivity index (χ3v) is 7.21. The lowest BCUT2D eigenvalue weighted by molar-refractivity contribution is 0.0710. The maximum absolute atomic E-state index is 13.8. The summed E-state index contributed by atoms with van der Waals surface area (Å²) < 4.78 is 11.0. The number of fused-ring (bicyclic) bond motifs is 2. The minimum Gasteiger partial charge on any atom is -0.454 e. The zero-order valence-electron chi connectivity index (χ0n) is 18.4. The van der Waals surface area contributed by atoms with Crippen LogP contribution in [0.25, 0.3) is 22.0 Å². The number of rotatable bonds is 4. The molecule has 6 nitrogen and oxygen atoms in total. The van der Waals surface area contributed by atoms with Crippen molar-refractivity contribution in [2.24, 2.45) is 0 Å². The molecule has 33 heavy (non-hydrogen) atoms. The van der Waals surface area contributed by atoms with E-state index in [-0.39, 0.29) is 18.7 Å². The predicted octanol–water partition coefficient (Wildman–Crippen LogP) is 4.98. The van der Waals surface area contributed by atoms with Crippen molar-refractivity contribution >= 4 is 28.4 Å². The number of hydrogen-bond donors (Lipinski definition) is 0. The summed E-state index contributed by atoms with van der Waals surface area (Å²) in [5, 5.41) is 1.17. The molecule has 0 bridgehead atoms. The molecule has 1 amide bonds. The van der Waals surface area contributed by atoms with Crippen molar-refractivity contribution in [3.05, 3.63) is 53.2 Å². The molecule has 0 saturated carbocycles. The van der Waals surface area contributed by atoms with Gasteiger partial charge in [0.2, 0.25) is 6.79 Å². The molecule has 0 unspecified atom stereocenters. The zero-order chi connectivity index (χ0) is 22.4. The van der Waals surface area contributed by atoms with Crippen LogP contribution in [0.15, 0.2) is 42.5 Å². The van der Waals surface area contributed by atoms with Gasteiger partial charge in [-0.05, 0) is 80.2 Å². The number of ether oxygens (including phenoxy) is 2. The van der Waals surface area contributed by atoms with Gasteiger partial charge in [-0.1, -0.05) is 23.7 Å². The molecule has 1 aromatic heterocycles. The van der Waals surface area contributed by atoms with Crippen molar-refractivity contribution in [3.63, 3.8) is 0 Å². The van der Waals surface area contributed by atoms with Gasteiger partial charge in [0, 0.05) is 24.5 Å². The van der Waals surface area contributed by atoms with Crippen LogP contribution in [0.2, 0.25) is 5.15 Å². The Labute approximate surface area is 198 Å². The average Bonchev–Trinajstić information content (AvgIpc) is 3.59. The van der Waals surface area contributed by atoms with Gasteiger partial charge in [-0.2, -0.15) is 0 Å². The molecule has 7 heteroatoms. The summed E-state index contributed by atoms with van der Waals surface area (Å²) in [6.07, 6.45) is 4.62. The molecular weight excluding hydrogens is 438 g/mol. The molecule has 1 atom stereocenters. The Morgan fingerprint density at radius 1 is 0.970 bits per heavy atom. The highest BCUT2D eigenvalue weighted by molar-refractivity contribution is 6.30. The largest absolute Gasteiger partial charge is 0.454 e. The molecule has 2 fully saturated rings. The van der Waals surface area contributed by atoms with E-state index in [1.807, 2.05) is 36.4 Å². The Bertz CT molecular complexity index is 1220. The predicted molar refractivity (Wildman–Crippen MR) is 128 cm³/mol. The van der Waals surface area contributed by atoms with Crippen LogP contribution in [0, 0.1) is 0 Å². The lowest BCUT2D eigenvalue weighted by Gasteiger charge is -2.29. The second kappa shape index (κ2) is 8.50. The van der Waals surface area contributed by atoms with Crippen molar-refractivity contribution in [2.75, 3.05) is 33.0 Å². The minimum absolute atomic E-state index is 0.0498. The third kappa shape index (κ3) is 3.91. The molecule has 0 aliphatic carbocycles. The van der Waals surface area contributed by atoms with E-state index in [0.29, 0.717) is 10.7 Å². The van der Waals surface area contributed by atoms with Crippen LogP contribution in [-0.2, 0) is 0 Å². The number of nitrogens with zero attached hydrogens (tertiary/aromatic N) is 3. The smallest absolute Gasteiger partial charge is 0.254 e. The van der Waals surface area contributed by atoms with Gasteiger partial charge < -0.3 is 19.3 Å². The molecule has 2 aromatic carbocycles. The van der Waals surface area contributed by atoms with Gasteiger partial charge in [-0.25, -0.2) is 4.98 Å². The van der Waals surface area contributed by atoms with E-state index < -0.39 is 0 Å². The van der Waals surface area contributed by atoms with Crippen LogP contribution in [0.1, 0.15) is 36.0 Å². The maximum Gasteiger partial charge on any atom is 0.254 e. The highest BCUT2D eigenvalue weighted by atomic mass is 35.5. The van der Waals surface area contributed by atoms with E-state index in [1.54, 1.807) is 6.07 Å². The van der Waals surface area contributed by atoms with Gasteiger partial charge >= 0.3 is 0 Å². The summed E-state index contributed by atoms with van der Waals surface area (Å²) >= 11 is 6.35. The number of likely N-dealkylation sites (tertiary alicyclic amines) is 2. The first-order valence-electron chi connectivity index (χ1n) is 11.7. The molecule has 3 aliphatic heterocycles. The van der Waals surface area contributed by atoms with Crippen LogP contribution in [0.3, 0.4) is 0 Å². The fraction of sp³-hybridized carbons (Fsp3) is 0.385. The molecule has 4 heterocycles. The number of pyridine rings is 1. The summed E-state index contributed by atoms with van der Waals surface area (Å²) in [5.41, 5.74) is 3.35. The number of aromatic nitrogens is 1. The molecule has 0 radical (unpaired) electrons. The van der Waals surface area contributed by atoms with Gasteiger partial charge in [-0.3, -0.25) is 4.79 Å². The summed E-state index contributed by atoms with van der Waals surface area (Å²) in [7, 11) is 0. The van der Waals surface area contributed by atoms with Crippen molar-refractivity contribution in [1.29, 1.82) is 0 Å². The first kappa shape index (κ1) is 20.8.